The number of amides is 1. The van der Waals surface area contributed by atoms with Crippen LogP contribution in [0, 0.1) is 0 Å². The van der Waals surface area contributed by atoms with E-state index < -0.39 is 29.7 Å². The average molecular weight is 467 g/mol. The van der Waals surface area contributed by atoms with Crippen LogP contribution in [0.25, 0.3) is 21.6 Å². The number of ether oxygens (including phenoxy) is 2. The Morgan fingerprint density at radius 3 is 2.21 bits per heavy atom. The van der Waals surface area contributed by atoms with E-state index in [1.807, 2.05) is 48.5 Å². The van der Waals surface area contributed by atoms with E-state index in [9.17, 15) is 14.7 Å². The van der Waals surface area contributed by atoms with Crippen LogP contribution in [-0.4, -0.2) is 48.1 Å². The van der Waals surface area contributed by atoms with Gasteiger partial charge in [0.25, 0.3) is 0 Å². The van der Waals surface area contributed by atoms with E-state index in [1.165, 1.54) is 0 Å². The summed E-state index contributed by atoms with van der Waals surface area (Å²) in [5, 5.41) is 15.4. The molecule has 3 rings (SSSR count). The monoisotopic (exact) mass is 466 g/mol. The van der Waals surface area contributed by atoms with E-state index in [2.05, 4.69) is 15.3 Å². The number of carbonyl (C=O) groups is 2. The van der Waals surface area contributed by atoms with Gasteiger partial charge >= 0.3 is 12.1 Å². The maximum absolute atomic E-state index is 12.7. The molecule has 0 radical (unpaired) electrons. The van der Waals surface area contributed by atoms with Crippen LogP contribution in [0.4, 0.5) is 4.79 Å². The number of esters is 1. The van der Waals surface area contributed by atoms with Gasteiger partial charge in [0.05, 0.1) is 12.6 Å². The zero-order valence-corrected chi connectivity index (χ0v) is 19.6. The number of benzene rings is 2. The molecule has 9 nitrogen and oxygen atoms in total. The number of carbonyl (C=O) groups excluding carboxylic acids is 2. The fourth-order valence-electron chi connectivity index (χ4n) is 4.02. The van der Waals surface area contributed by atoms with Gasteiger partial charge in [-0.05, 0) is 61.4 Å². The Bertz CT molecular complexity index is 1030. The van der Waals surface area contributed by atoms with Crippen LogP contribution in [0.15, 0.2) is 53.6 Å². The third-order valence-electron chi connectivity index (χ3n) is 5.54. The van der Waals surface area contributed by atoms with Crippen molar-refractivity contribution in [2.24, 2.45) is 5.11 Å². The van der Waals surface area contributed by atoms with Gasteiger partial charge in [0.1, 0.15) is 18.2 Å². The minimum atomic E-state index is -1.02. The van der Waals surface area contributed by atoms with Gasteiger partial charge in [-0.1, -0.05) is 53.6 Å². The van der Waals surface area contributed by atoms with Crippen LogP contribution < -0.4 is 5.32 Å². The Morgan fingerprint density at radius 2 is 1.68 bits per heavy atom. The SMILES string of the molecule is CC(C)(C)OC(=O)[C@H](CC[C@@H](CO)N=[N+]=[N-])NC(=O)OCC1c2ccccc2-c2ccccc21. The summed E-state index contributed by atoms with van der Waals surface area (Å²) in [6.45, 7) is 4.93. The summed E-state index contributed by atoms with van der Waals surface area (Å²) in [7, 11) is 0. The Hall–Kier alpha value is -3.55. The Morgan fingerprint density at radius 1 is 1.09 bits per heavy atom. The second-order valence-electron chi connectivity index (χ2n) is 9.17. The van der Waals surface area contributed by atoms with Gasteiger partial charge in [-0.3, -0.25) is 0 Å². The second kappa shape index (κ2) is 11.0. The lowest BCUT2D eigenvalue weighted by molar-refractivity contribution is -0.157. The normalized spacial score (nSPS) is 14.2. The largest absolute Gasteiger partial charge is 0.458 e. The van der Waals surface area contributed by atoms with Crippen LogP contribution >= 0.6 is 0 Å². The Balaban J connectivity index is 1.68. The maximum atomic E-state index is 12.7. The molecule has 2 aromatic carbocycles. The van der Waals surface area contributed by atoms with Crippen LogP contribution in [0.5, 0.6) is 0 Å². The molecule has 0 aromatic heterocycles. The number of fused-ring (bicyclic) bond motifs is 3. The number of aliphatic hydroxyl groups excluding tert-OH is 1. The molecule has 0 spiro atoms. The van der Waals surface area contributed by atoms with E-state index in [-0.39, 0.29) is 32.0 Å². The van der Waals surface area contributed by atoms with E-state index in [1.54, 1.807) is 20.8 Å². The minimum Gasteiger partial charge on any atom is -0.458 e. The quantitative estimate of drug-likeness (QED) is 0.239. The molecule has 0 saturated heterocycles. The molecular formula is C25H30N4O5. The standard InChI is InChI=1S/C25H30N4O5/c1-25(2,3)34-23(31)22(13-12-16(14-30)28-29-26)27-24(32)33-15-21-19-10-6-4-8-17(19)18-9-5-7-11-20(18)21/h4-11,16,21-22,30H,12-15H2,1-3H3,(H,27,32)/t16-,22-/m0/s1. The molecule has 0 aliphatic heterocycles. The molecule has 2 N–H and O–H groups in total. The summed E-state index contributed by atoms with van der Waals surface area (Å²) in [5.41, 5.74) is 12.3. The molecule has 34 heavy (non-hydrogen) atoms. The number of azide groups is 1. The molecule has 2 atom stereocenters. The fraction of sp³-hybridized carbons (Fsp3) is 0.440. The maximum Gasteiger partial charge on any atom is 0.407 e. The summed E-state index contributed by atoms with van der Waals surface area (Å²) < 4.78 is 11.0. The smallest absolute Gasteiger partial charge is 0.407 e. The van der Waals surface area contributed by atoms with Crippen molar-refractivity contribution in [1.29, 1.82) is 0 Å². The van der Waals surface area contributed by atoms with Crippen molar-refractivity contribution < 1.29 is 24.2 Å². The highest BCUT2D eigenvalue weighted by Crippen LogP contribution is 2.44. The highest BCUT2D eigenvalue weighted by atomic mass is 16.6. The summed E-state index contributed by atoms with van der Waals surface area (Å²) in [6, 6.07) is 14.3. The van der Waals surface area contributed by atoms with Crippen LogP contribution in [-0.2, 0) is 14.3 Å². The fourth-order valence-corrected chi connectivity index (χ4v) is 4.02. The second-order valence-corrected chi connectivity index (χ2v) is 9.17. The first-order valence-corrected chi connectivity index (χ1v) is 11.2. The van der Waals surface area contributed by atoms with Crippen molar-refractivity contribution in [1.82, 2.24) is 5.32 Å². The van der Waals surface area contributed by atoms with Gasteiger partial charge in [0, 0.05) is 10.8 Å². The summed E-state index contributed by atoms with van der Waals surface area (Å²) in [5.74, 6) is -0.736. The number of rotatable bonds is 9. The van der Waals surface area contributed by atoms with Gasteiger partial charge in [-0.15, -0.1) is 0 Å². The molecule has 1 amide bonds. The molecular weight excluding hydrogens is 436 g/mol. The number of hydrogen-bond donors (Lipinski definition) is 2. The molecule has 1 aliphatic rings. The Labute approximate surface area is 198 Å². The van der Waals surface area contributed by atoms with Gasteiger partial charge in [0.15, 0.2) is 0 Å². The topological polar surface area (TPSA) is 134 Å². The summed E-state index contributed by atoms with van der Waals surface area (Å²) in [4.78, 5) is 28.1. The summed E-state index contributed by atoms with van der Waals surface area (Å²) in [6.07, 6.45) is -0.445. The number of aliphatic hydroxyl groups is 1. The van der Waals surface area contributed by atoms with Gasteiger partial charge in [-0.25, -0.2) is 9.59 Å². The lowest BCUT2D eigenvalue weighted by Crippen LogP contribution is -2.45. The number of nitrogens with one attached hydrogen (secondary N) is 1. The zero-order valence-electron chi connectivity index (χ0n) is 19.6. The van der Waals surface area contributed by atoms with Gasteiger partial charge in [0.2, 0.25) is 0 Å². The van der Waals surface area contributed by atoms with Crippen molar-refractivity contribution >= 4 is 12.1 Å². The molecule has 180 valence electrons. The van der Waals surface area contributed by atoms with Crippen molar-refractivity contribution in [3.05, 3.63) is 70.1 Å². The minimum absolute atomic E-state index is 0.109. The van der Waals surface area contributed by atoms with Crippen molar-refractivity contribution in [3.8, 4) is 11.1 Å². The molecule has 0 bridgehead atoms. The van der Waals surface area contributed by atoms with Crippen molar-refractivity contribution in [2.45, 2.75) is 57.2 Å². The number of nitrogens with zero attached hydrogens (tertiary/aromatic N) is 3. The highest BCUT2D eigenvalue weighted by molar-refractivity contribution is 5.82. The van der Waals surface area contributed by atoms with Crippen LogP contribution in [0.3, 0.4) is 0 Å². The first kappa shape index (κ1) is 25.1. The molecule has 0 saturated carbocycles. The lowest BCUT2D eigenvalue weighted by Gasteiger charge is -2.25. The molecule has 0 fully saturated rings. The molecule has 0 unspecified atom stereocenters. The van der Waals surface area contributed by atoms with Gasteiger partial charge < -0.3 is 19.9 Å². The first-order valence-electron chi connectivity index (χ1n) is 11.2. The van der Waals surface area contributed by atoms with Crippen molar-refractivity contribution in [2.75, 3.05) is 13.2 Å². The summed E-state index contributed by atoms with van der Waals surface area (Å²) >= 11 is 0. The predicted molar refractivity (Wildman–Crippen MR) is 127 cm³/mol. The van der Waals surface area contributed by atoms with E-state index >= 15 is 0 Å². The zero-order chi connectivity index (χ0) is 24.7. The highest BCUT2D eigenvalue weighted by Gasteiger charge is 2.31. The number of alkyl carbamates (subject to hydrolysis) is 1. The van der Waals surface area contributed by atoms with E-state index in [0.717, 1.165) is 22.3 Å². The van der Waals surface area contributed by atoms with E-state index in [0.29, 0.717) is 0 Å². The van der Waals surface area contributed by atoms with Crippen LogP contribution in [0.2, 0.25) is 0 Å². The molecule has 0 heterocycles. The average Bonchev–Trinajstić information content (AvgIpc) is 3.12. The predicted octanol–water partition coefficient (Wildman–Crippen LogP) is 4.69. The van der Waals surface area contributed by atoms with E-state index in [4.69, 9.17) is 15.0 Å². The number of hydrogen-bond acceptors (Lipinski definition) is 6. The third-order valence-corrected chi connectivity index (χ3v) is 5.54. The third kappa shape index (κ3) is 6.27. The van der Waals surface area contributed by atoms with Crippen LogP contribution in [0.1, 0.15) is 50.7 Å². The van der Waals surface area contributed by atoms with Gasteiger partial charge in [-0.2, -0.15) is 0 Å². The first-order chi connectivity index (χ1) is 16.2. The van der Waals surface area contributed by atoms with Crippen molar-refractivity contribution in [3.63, 3.8) is 0 Å². The molecule has 2 aromatic rings. The Kier molecular flexibility index (Phi) is 8.15. The molecule has 1 aliphatic carbocycles. The lowest BCUT2D eigenvalue weighted by atomic mass is 9.98. The molecule has 9 heteroatoms.